The van der Waals surface area contributed by atoms with Crippen LogP contribution in [0.1, 0.15) is 20.8 Å². The lowest BCUT2D eigenvalue weighted by molar-refractivity contribution is -0.136. The molecule has 6 heteroatoms. The molecule has 1 rings (SSSR count). The second-order valence-corrected chi connectivity index (χ2v) is 5.84. The van der Waals surface area contributed by atoms with Crippen molar-refractivity contribution < 1.29 is 22.8 Å². The predicted molar refractivity (Wildman–Crippen MR) is 59.6 cm³/mol. The van der Waals surface area contributed by atoms with Crippen molar-refractivity contribution in [3.63, 3.8) is 0 Å². The molecule has 1 aliphatic rings. The van der Waals surface area contributed by atoms with E-state index in [1.807, 2.05) is 20.8 Å². The standard InChI is InChI=1S/C10H18O5Si/c1-4-13-16(14-5-2,15-6-3)9-7-8-12-10(9)11/h7-9H,4-6H2,1-3H3. The molecule has 1 atom stereocenters. The second kappa shape index (κ2) is 6.14. The van der Waals surface area contributed by atoms with Gasteiger partial charge in [0.15, 0.2) is 0 Å². The zero-order valence-electron chi connectivity index (χ0n) is 9.89. The van der Waals surface area contributed by atoms with E-state index >= 15 is 0 Å². The molecule has 0 saturated heterocycles. The normalized spacial score (nSPS) is 20.2. The Labute approximate surface area is 96.7 Å². The fourth-order valence-corrected chi connectivity index (χ4v) is 4.26. The Morgan fingerprint density at radius 2 is 1.69 bits per heavy atom. The van der Waals surface area contributed by atoms with E-state index in [4.69, 9.17) is 18.0 Å². The fourth-order valence-electron chi connectivity index (χ4n) is 1.60. The van der Waals surface area contributed by atoms with Crippen molar-refractivity contribution in [2.45, 2.75) is 26.3 Å². The minimum Gasteiger partial charge on any atom is -0.434 e. The van der Waals surface area contributed by atoms with E-state index in [1.54, 1.807) is 6.08 Å². The van der Waals surface area contributed by atoms with Gasteiger partial charge in [0.2, 0.25) is 0 Å². The van der Waals surface area contributed by atoms with Gasteiger partial charge >= 0.3 is 14.8 Å². The Balaban J connectivity index is 2.88. The van der Waals surface area contributed by atoms with Gasteiger partial charge in [-0.25, -0.2) is 0 Å². The highest BCUT2D eigenvalue weighted by Gasteiger charge is 2.54. The van der Waals surface area contributed by atoms with E-state index in [0.29, 0.717) is 19.8 Å². The smallest absolute Gasteiger partial charge is 0.434 e. The molecule has 92 valence electrons. The lowest BCUT2D eigenvalue weighted by Gasteiger charge is -2.30. The number of carbonyl (C=O) groups excluding carboxylic acids is 1. The summed E-state index contributed by atoms with van der Waals surface area (Å²) >= 11 is 0. The zero-order chi connectivity index (χ0) is 12.0. The first-order chi connectivity index (χ1) is 7.70. The van der Waals surface area contributed by atoms with Crippen LogP contribution in [0.3, 0.4) is 0 Å². The summed E-state index contributed by atoms with van der Waals surface area (Å²) in [5, 5.41) is 0. The van der Waals surface area contributed by atoms with Gasteiger partial charge in [-0.1, -0.05) is 0 Å². The van der Waals surface area contributed by atoms with Gasteiger partial charge in [-0.15, -0.1) is 0 Å². The highest BCUT2D eigenvalue weighted by atomic mass is 28.4. The summed E-state index contributed by atoms with van der Waals surface area (Å²) in [5.74, 6) is -0.359. The van der Waals surface area contributed by atoms with Crippen LogP contribution in [0, 0.1) is 0 Å². The fraction of sp³-hybridized carbons (Fsp3) is 0.700. The number of ether oxygens (including phenoxy) is 1. The molecule has 5 nitrogen and oxygen atoms in total. The molecule has 0 N–H and O–H groups in total. The van der Waals surface area contributed by atoms with Crippen molar-refractivity contribution in [3.05, 3.63) is 12.3 Å². The first-order valence-corrected chi connectivity index (χ1v) is 7.29. The molecule has 0 spiro atoms. The Kier molecular flexibility index (Phi) is 5.13. The van der Waals surface area contributed by atoms with Crippen LogP contribution in [0.4, 0.5) is 0 Å². The topological polar surface area (TPSA) is 54.0 Å². The van der Waals surface area contributed by atoms with Crippen LogP contribution in [0.25, 0.3) is 0 Å². The van der Waals surface area contributed by atoms with Gasteiger partial charge in [0, 0.05) is 19.8 Å². The van der Waals surface area contributed by atoms with E-state index in [0.717, 1.165) is 0 Å². The van der Waals surface area contributed by atoms with Crippen LogP contribution in [0.5, 0.6) is 0 Å². The molecule has 1 aliphatic heterocycles. The number of rotatable bonds is 7. The van der Waals surface area contributed by atoms with Crippen molar-refractivity contribution in [2.75, 3.05) is 19.8 Å². The van der Waals surface area contributed by atoms with Gasteiger partial charge in [0.05, 0.1) is 6.26 Å². The maximum absolute atomic E-state index is 11.6. The van der Waals surface area contributed by atoms with Crippen molar-refractivity contribution in [1.29, 1.82) is 0 Å². The van der Waals surface area contributed by atoms with Gasteiger partial charge < -0.3 is 18.0 Å². The minimum absolute atomic E-state index is 0.359. The Morgan fingerprint density at radius 3 is 2.00 bits per heavy atom. The van der Waals surface area contributed by atoms with Gasteiger partial charge in [0.1, 0.15) is 5.54 Å². The Morgan fingerprint density at radius 1 is 1.19 bits per heavy atom. The third-order valence-electron chi connectivity index (χ3n) is 2.13. The molecule has 0 radical (unpaired) electrons. The highest BCUT2D eigenvalue weighted by Crippen LogP contribution is 2.32. The summed E-state index contributed by atoms with van der Waals surface area (Å²) < 4.78 is 21.6. The van der Waals surface area contributed by atoms with Crippen molar-refractivity contribution >= 4 is 14.8 Å². The van der Waals surface area contributed by atoms with Crippen molar-refractivity contribution in [2.24, 2.45) is 0 Å². The molecule has 0 saturated carbocycles. The minimum atomic E-state index is -2.99. The molecule has 1 heterocycles. The Hall–Kier alpha value is -0.693. The molecule has 0 aromatic heterocycles. The van der Waals surface area contributed by atoms with Crippen LogP contribution < -0.4 is 0 Å². The maximum Gasteiger partial charge on any atom is 0.519 e. The zero-order valence-corrected chi connectivity index (χ0v) is 10.9. The molecule has 0 aromatic rings. The molecule has 0 bridgehead atoms. The van der Waals surface area contributed by atoms with Crippen molar-refractivity contribution in [3.8, 4) is 0 Å². The van der Waals surface area contributed by atoms with Crippen LogP contribution in [-0.2, 0) is 22.8 Å². The quantitative estimate of drug-likeness (QED) is 0.503. The van der Waals surface area contributed by atoms with Crippen LogP contribution >= 0.6 is 0 Å². The van der Waals surface area contributed by atoms with Gasteiger partial charge in [-0.3, -0.25) is 4.79 Å². The van der Waals surface area contributed by atoms with Gasteiger partial charge in [0.25, 0.3) is 0 Å². The molecule has 1 unspecified atom stereocenters. The molecular formula is C10H18O5Si. The average Bonchev–Trinajstić information content (AvgIpc) is 2.66. The third kappa shape index (κ3) is 2.70. The van der Waals surface area contributed by atoms with E-state index in [9.17, 15) is 4.79 Å². The largest absolute Gasteiger partial charge is 0.519 e. The van der Waals surface area contributed by atoms with E-state index < -0.39 is 14.3 Å². The first-order valence-electron chi connectivity index (χ1n) is 5.49. The number of hydrogen-bond acceptors (Lipinski definition) is 5. The molecule has 0 aromatic carbocycles. The lowest BCUT2D eigenvalue weighted by Crippen LogP contribution is -2.51. The number of esters is 1. The SMILES string of the molecule is CCO[Si](OCC)(OCC)C1C=COC1=O. The summed E-state index contributed by atoms with van der Waals surface area (Å²) in [5.41, 5.74) is -0.535. The monoisotopic (exact) mass is 246 g/mol. The molecule has 16 heavy (non-hydrogen) atoms. The number of carbonyl (C=O) groups is 1. The summed E-state index contributed by atoms with van der Waals surface area (Å²) in [4.78, 5) is 11.6. The molecule has 0 fully saturated rings. The summed E-state index contributed by atoms with van der Waals surface area (Å²) in [6.45, 7) is 6.90. The maximum atomic E-state index is 11.6. The van der Waals surface area contributed by atoms with Gasteiger partial charge in [-0.2, -0.15) is 0 Å². The summed E-state index contributed by atoms with van der Waals surface area (Å²) in [6, 6.07) is 0. The lowest BCUT2D eigenvalue weighted by atomic mass is 10.4. The van der Waals surface area contributed by atoms with Crippen LogP contribution in [-0.4, -0.2) is 34.6 Å². The highest BCUT2D eigenvalue weighted by molar-refractivity contribution is 6.67. The molecule has 0 aliphatic carbocycles. The Bertz CT molecular complexity index is 249. The molecule has 0 amide bonds. The number of hydrogen-bond donors (Lipinski definition) is 0. The average molecular weight is 246 g/mol. The summed E-state index contributed by atoms with van der Waals surface area (Å²) in [7, 11) is -2.99. The van der Waals surface area contributed by atoms with Crippen LogP contribution in [0.2, 0.25) is 5.54 Å². The van der Waals surface area contributed by atoms with E-state index in [2.05, 4.69) is 0 Å². The third-order valence-corrected chi connectivity index (χ3v) is 5.39. The van der Waals surface area contributed by atoms with E-state index in [-0.39, 0.29) is 5.97 Å². The summed E-state index contributed by atoms with van der Waals surface area (Å²) in [6.07, 6.45) is 3.02. The van der Waals surface area contributed by atoms with Crippen LogP contribution in [0.15, 0.2) is 12.3 Å². The second-order valence-electron chi connectivity index (χ2n) is 3.15. The number of cyclic esters (lactones) is 1. The van der Waals surface area contributed by atoms with Gasteiger partial charge in [-0.05, 0) is 26.8 Å². The predicted octanol–water partition coefficient (Wildman–Crippen LogP) is 1.48. The molecular weight excluding hydrogens is 228 g/mol. The van der Waals surface area contributed by atoms with Crippen molar-refractivity contribution in [1.82, 2.24) is 0 Å². The van der Waals surface area contributed by atoms with E-state index in [1.165, 1.54) is 6.26 Å². The first kappa shape index (κ1) is 13.4.